The Kier molecular flexibility index (Phi) is 10.3. The number of nitrogens with zero attached hydrogens (tertiary/aromatic N) is 6. The first-order chi connectivity index (χ1) is 25.4. The standard InChI is InChI=1S/C38H46N8O6S/c1-38(2,3)33-24-35(46(43-33)26-11-10-12-27(23-26)50-21-22-51-53(4,48)49)40-36(47)39-31-16-17-32(30-14-7-6-13-29(30)31)52-28-15-18-34-41-42-37(45(34)25-28)44-19-8-5-9-20-44/h6-7,10-15,18,23-25,31-32H,5,8-9,16-17,19-22H2,1-4H3,(H2,39,40,47)/t31-,32+/m0/s1. The van der Waals surface area contributed by atoms with Crippen molar-refractivity contribution in [1.29, 1.82) is 0 Å². The van der Waals surface area contributed by atoms with Crippen molar-refractivity contribution in [3.8, 4) is 17.2 Å². The molecule has 53 heavy (non-hydrogen) atoms. The molecule has 0 unspecified atom stereocenters. The van der Waals surface area contributed by atoms with Gasteiger partial charge in [0.1, 0.15) is 36.6 Å². The number of anilines is 2. The fourth-order valence-corrected chi connectivity index (χ4v) is 7.19. The molecule has 1 aliphatic carbocycles. The van der Waals surface area contributed by atoms with Gasteiger partial charge < -0.3 is 19.7 Å². The number of ether oxygens (including phenoxy) is 2. The zero-order valence-electron chi connectivity index (χ0n) is 30.5. The zero-order chi connectivity index (χ0) is 37.2. The van der Waals surface area contributed by atoms with Gasteiger partial charge in [0, 0.05) is 30.6 Å². The van der Waals surface area contributed by atoms with Gasteiger partial charge >= 0.3 is 6.03 Å². The molecule has 0 saturated carbocycles. The van der Waals surface area contributed by atoms with E-state index in [4.69, 9.17) is 18.8 Å². The summed E-state index contributed by atoms with van der Waals surface area (Å²) in [5.74, 6) is 2.57. The maximum atomic E-state index is 13.7. The molecule has 7 rings (SSSR count). The van der Waals surface area contributed by atoms with Gasteiger partial charge in [0.25, 0.3) is 10.1 Å². The molecule has 4 heterocycles. The number of hydrogen-bond acceptors (Lipinski definition) is 10. The number of piperidine rings is 1. The van der Waals surface area contributed by atoms with Crippen LogP contribution in [0, 0.1) is 0 Å². The second-order valence-electron chi connectivity index (χ2n) is 14.6. The van der Waals surface area contributed by atoms with Crippen LogP contribution in [0.5, 0.6) is 11.5 Å². The number of carbonyl (C=O) groups is 1. The maximum Gasteiger partial charge on any atom is 0.320 e. The summed E-state index contributed by atoms with van der Waals surface area (Å²) in [6.07, 6.45) is 7.70. The van der Waals surface area contributed by atoms with Crippen LogP contribution >= 0.6 is 0 Å². The molecule has 2 N–H and O–H groups in total. The summed E-state index contributed by atoms with van der Waals surface area (Å²) in [5, 5.41) is 19.9. The molecular formula is C38H46N8O6S. The van der Waals surface area contributed by atoms with Crippen LogP contribution in [-0.2, 0) is 19.7 Å². The summed E-state index contributed by atoms with van der Waals surface area (Å²) in [5.41, 5.74) is 3.98. The molecule has 0 radical (unpaired) electrons. The SMILES string of the molecule is CC(C)(C)c1cc(NC(=O)N[C@H]2CC[C@@H](Oc3ccc4nnc(N5CCCCC5)n4c3)c3ccccc32)n(-c2cccc(OCCOS(C)(=O)=O)c2)n1. The third kappa shape index (κ3) is 8.57. The topological polar surface area (TPSA) is 154 Å². The van der Waals surface area contributed by atoms with E-state index in [0.29, 0.717) is 30.1 Å². The fourth-order valence-electron chi connectivity index (χ4n) is 6.82. The second kappa shape index (κ2) is 15.1. The van der Waals surface area contributed by atoms with Gasteiger partial charge in [-0.05, 0) is 67.5 Å². The van der Waals surface area contributed by atoms with Crippen LogP contribution in [0.3, 0.4) is 0 Å². The molecule has 5 aromatic rings. The van der Waals surface area contributed by atoms with Crippen LogP contribution in [0.4, 0.5) is 16.6 Å². The van der Waals surface area contributed by atoms with Crippen LogP contribution in [-0.4, -0.2) is 71.4 Å². The van der Waals surface area contributed by atoms with Gasteiger partial charge in [0.2, 0.25) is 5.95 Å². The summed E-state index contributed by atoms with van der Waals surface area (Å²) in [7, 11) is -3.56. The number of carbonyl (C=O) groups excluding carboxylic acids is 1. The number of fused-ring (bicyclic) bond motifs is 2. The fraction of sp³-hybridized carbons (Fsp3) is 0.421. The van der Waals surface area contributed by atoms with E-state index >= 15 is 0 Å². The summed E-state index contributed by atoms with van der Waals surface area (Å²) in [6.45, 7) is 8.04. The maximum absolute atomic E-state index is 13.7. The molecule has 1 saturated heterocycles. The number of rotatable bonds is 11. The van der Waals surface area contributed by atoms with Gasteiger partial charge in [-0.15, -0.1) is 10.2 Å². The number of aromatic nitrogens is 5. The highest BCUT2D eigenvalue weighted by atomic mass is 32.2. The average molecular weight is 743 g/mol. The minimum atomic E-state index is -3.56. The third-order valence-corrected chi connectivity index (χ3v) is 10.0. The Bertz CT molecular complexity index is 2190. The lowest BCUT2D eigenvalue weighted by molar-refractivity contribution is 0.171. The molecule has 0 spiro atoms. The van der Waals surface area contributed by atoms with Crippen molar-refractivity contribution in [1.82, 2.24) is 29.7 Å². The highest BCUT2D eigenvalue weighted by molar-refractivity contribution is 7.85. The minimum absolute atomic E-state index is 0.0438. The van der Waals surface area contributed by atoms with E-state index in [1.165, 1.54) is 6.42 Å². The van der Waals surface area contributed by atoms with Gasteiger partial charge in [-0.2, -0.15) is 13.5 Å². The molecule has 2 aromatic carbocycles. The van der Waals surface area contributed by atoms with Crippen molar-refractivity contribution in [2.45, 2.75) is 70.4 Å². The first-order valence-corrected chi connectivity index (χ1v) is 19.8. The monoisotopic (exact) mass is 742 g/mol. The Morgan fingerprint density at radius 2 is 1.70 bits per heavy atom. The van der Waals surface area contributed by atoms with E-state index in [1.807, 2.05) is 53.1 Å². The molecule has 2 amide bonds. The molecule has 280 valence electrons. The summed E-state index contributed by atoms with van der Waals surface area (Å²) in [6, 6.07) is 20.4. The predicted molar refractivity (Wildman–Crippen MR) is 202 cm³/mol. The number of benzene rings is 2. The van der Waals surface area contributed by atoms with Crippen molar-refractivity contribution < 1.29 is 26.9 Å². The first-order valence-electron chi connectivity index (χ1n) is 18.0. The Morgan fingerprint density at radius 1 is 0.906 bits per heavy atom. The third-order valence-electron chi connectivity index (χ3n) is 9.45. The van der Waals surface area contributed by atoms with Crippen molar-refractivity contribution in [3.05, 3.63) is 89.7 Å². The van der Waals surface area contributed by atoms with Gasteiger partial charge in [-0.25, -0.2) is 9.48 Å². The minimum Gasteiger partial charge on any atom is -0.491 e. The van der Waals surface area contributed by atoms with Crippen molar-refractivity contribution in [2.24, 2.45) is 0 Å². The van der Waals surface area contributed by atoms with E-state index in [9.17, 15) is 13.2 Å². The molecule has 3 aromatic heterocycles. The Morgan fingerprint density at radius 3 is 2.47 bits per heavy atom. The Labute approximate surface area is 309 Å². The molecule has 0 bridgehead atoms. The van der Waals surface area contributed by atoms with Gasteiger partial charge in [0.15, 0.2) is 5.65 Å². The predicted octanol–water partition coefficient (Wildman–Crippen LogP) is 6.33. The van der Waals surface area contributed by atoms with E-state index in [0.717, 1.165) is 66.4 Å². The van der Waals surface area contributed by atoms with Crippen molar-refractivity contribution in [2.75, 3.05) is 42.8 Å². The second-order valence-corrected chi connectivity index (χ2v) is 16.2. The highest BCUT2D eigenvalue weighted by Crippen LogP contribution is 2.39. The van der Waals surface area contributed by atoms with E-state index in [2.05, 4.69) is 52.6 Å². The number of urea groups is 1. The van der Waals surface area contributed by atoms with Crippen LogP contribution in [0.15, 0.2) is 72.9 Å². The quantitative estimate of drug-likeness (QED) is 0.116. The summed E-state index contributed by atoms with van der Waals surface area (Å²) in [4.78, 5) is 16.0. The lowest BCUT2D eigenvalue weighted by Crippen LogP contribution is -2.36. The number of hydrogen-bond donors (Lipinski definition) is 2. The Balaban J connectivity index is 1.06. The molecule has 2 atom stereocenters. The number of nitrogens with one attached hydrogen (secondary N) is 2. The zero-order valence-corrected chi connectivity index (χ0v) is 31.3. The van der Waals surface area contributed by atoms with Crippen molar-refractivity contribution >= 4 is 33.6 Å². The van der Waals surface area contributed by atoms with Gasteiger partial charge in [-0.1, -0.05) is 51.1 Å². The average Bonchev–Trinajstić information content (AvgIpc) is 3.76. The first kappa shape index (κ1) is 36.2. The van der Waals surface area contributed by atoms with E-state index in [1.54, 1.807) is 22.9 Å². The largest absolute Gasteiger partial charge is 0.491 e. The molecule has 15 heteroatoms. The number of pyridine rings is 1. The summed E-state index contributed by atoms with van der Waals surface area (Å²) >= 11 is 0. The van der Waals surface area contributed by atoms with Crippen LogP contribution in [0.25, 0.3) is 11.3 Å². The van der Waals surface area contributed by atoms with Crippen molar-refractivity contribution in [3.63, 3.8) is 0 Å². The van der Waals surface area contributed by atoms with E-state index < -0.39 is 10.1 Å². The van der Waals surface area contributed by atoms with Gasteiger partial charge in [0.05, 0.1) is 29.9 Å². The van der Waals surface area contributed by atoms with Crippen LogP contribution < -0.4 is 25.0 Å². The molecule has 2 aliphatic rings. The lowest BCUT2D eigenvalue weighted by atomic mass is 9.85. The molecule has 14 nitrogen and oxygen atoms in total. The highest BCUT2D eigenvalue weighted by Gasteiger charge is 2.30. The lowest BCUT2D eigenvalue weighted by Gasteiger charge is -2.32. The molecular weight excluding hydrogens is 697 g/mol. The van der Waals surface area contributed by atoms with Crippen LogP contribution in [0.1, 0.15) is 81.8 Å². The molecule has 1 aliphatic heterocycles. The van der Waals surface area contributed by atoms with E-state index in [-0.39, 0.29) is 36.8 Å². The normalized spacial score (nSPS) is 17.7. The summed E-state index contributed by atoms with van der Waals surface area (Å²) < 4.78 is 43.4. The molecule has 1 fully saturated rings. The smallest absolute Gasteiger partial charge is 0.320 e. The van der Waals surface area contributed by atoms with Gasteiger partial charge in [-0.3, -0.25) is 13.9 Å². The van der Waals surface area contributed by atoms with Crippen LogP contribution in [0.2, 0.25) is 0 Å². The Hall–Kier alpha value is -5.15. The number of amides is 2.